The van der Waals surface area contributed by atoms with Gasteiger partial charge in [0.2, 0.25) is 0 Å². The Hall–Kier alpha value is -2.29. The van der Waals surface area contributed by atoms with E-state index < -0.39 is 6.16 Å². The third kappa shape index (κ3) is 4.35. The number of rotatable bonds is 7. The van der Waals surface area contributed by atoms with Gasteiger partial charge in [-0.15, -0.1) is 0 Å². The lowest BCUT2D eigenvalue weighted by molar-refractivity contribution is 0.144. The highest BCUT2D eigenvalue weighted by atomic mass is 16.7. The number of carboxylic acid groups (broad SMARTS) is 1. The van der Waals surface area contributed by atoms with Gasteiger partial charge in [-0.3, -0.25) is 0 Å². The minimum atomic E-state index is -1.28. The van der Waals surface area contributed by atoms with Crippen LogP contribution in [-0.2, 0) is 6.42 Å². The van der Waals surface area contributed by atoms with Crippen molar-refractivity contribution in [2.75, 3.05) is 0 Å². The molecule has 1 N–H and O–H groups in total. The second kappa shape index (κ2) is 8.23. The molecule has 2 rings (SSSR count). The fourth-order valence-corrected chi connectivity index (χ4v) is 2.62. The zero-order valence-electron chi connectivity index (χ0n) is 12.9. The summed E-state index contributed by atoms with van der Waals surface area (Å²) in [5.41, 5.74) is 3.12. The van der Waals surface area contributed by atoms with Crippen molar-refractivity contribution in [3.05, 3.63) is 54.1 Å². The van der Waals surface area contributed by atoms with Gasteiger partial charge in [0.25, 0.3) is 0 Å². The molecule has 0 aliphatic rings. The Bertz CT molecular complexity index is 620. The standard InChI is InChI=1S/C19H22O3/c1-2-3-4-5-10-15-11-6-7-12-16(15)17-13-8-9-14-18(17)22-19(20)21/h6-9,11-14H,2-5,10H2,1H3,(H,20,21). The molecule has 0 saturated carbocycles. The predicted molar refractivity (Wildman–Crippen MR) is 88.4 cm³/mol. The van der Waals surface area contributed by atoms with Gasteiger partial charge in [0.1, 0.15) is 5.75 Å². The summed E-state index contributed by atoms with van der Waals surface area (Å²) in [5.74, 6) is 0.385. The van der Waals surface area contributed by atoms with Crippen molar-refractivity contribution >= 4 is 6.16 Å². The molecule has 22 heavy (non-hydrogen) atoms. The number of aryl methyl sites for hydroxylation is 1. The molecule has 0 radical (unpaired) electrons. The molecule has 0 aliphatic heterocycles. The van der Waals surface area contributed by atoms with Crippen molar-refractivity contribution in [2.45, 2.75) is 39.0 Å². The second-order valence-electron chi connectivity index (χ2n) is 5.33. The van der Waals surface area contributed by atoms with Crippen molar-refractivity contribution in [3.63, 3.8) is 0 Å². The number of hydrogen-bond donors (Lipinski definition) is 1. The molecule has 0 aromatic heterocycles. The first kappa shape index (κ1) is 16.1. The number of unbranched alkanes of at least 4 members (excludes halogenated alkanes) is 3. The molecule has 3 heteroatoms. The lowest BCUT2D eigenvalue weighted by atomic mass is 9.95. The van der Waals surface area contributed by atoms with Crippen LogP contribution in [0.25, 0.3) is 11.1 Å². The Morgan fingerprint density at radius 1 is 0.955 bits per heavy atom. The maximum absolute atomic E-state index is 10.9. The average molecular weight is 298 g/mol. The van der Waals surface area contributed by atoms with Gasteiger partial charge in [0, 0.05) is 5.56 Å². The lowest BCUT2D eigenvalue weighted by Crippen LogP contribution is -2.04. The zero-order chi connectivity index (χ0) is 15.8. The third-order valence-corrected chi connectivity index (χ3v) is 3.69. The number of benzene rings is 2. The fourth-order valence-electron chi connectivity index (χ4n) is 2.62. The highest BCUT2D eigenvalue weighted by Crippen LogP contribution is 2.33. The summed E-state index contributed by atoms with van der Waals surface area (Å²) in [6.07, 6.45) is 4.55. The molecule has 3 nitrogen and oxygen atoms in total. The van der Waals surface area contributed by atoms with E-state index in [1.165, 1.54) is 24.8 Å². The Morgan fingerprint density at radius 2 is 1.64 bits per heavy atom. The van der Waals surface area contributed by atoms with Crippen molar-refractivity contribution < 1.29 is 14.6 Å². The molecule has 0 saturated heterocycles. The molecule has 0 atom stereocenters. The van der Waals surface area contributed by atoms with E-state index in [1.54, 1.807) is 12.1 Å². The summed E-state index contributed by atoms with van der Waals surface area (Å²) in [5, 5.41) is 8.89. The van der Waals surface area contributed by atoms with E-state index in [0.29, 0.717) is 5.75 Å². The van der Waals surface area contributed by atoms with Crippen molar-refractivity contribution in [1.82, 2.24) is 0 Å². The van der Waals surface area contributed by atoms with Gasteiger partial charge in [-0.25, -0.2) is 4.79 Å². The van der Waals surface area contributed by atoms with Crippen LogP contribution in [0.15, 0.2) is 48.5 Å². The van der Waals surface area contributed by atoms with Crippen LogP contribution in [0, 0.1) is 0 Å². The Labute approximate surface area is 131 Å². The highest BCUT2D eigenvalue weighted by molar-refractivity contribution is 5.76. The Kier molecular flexibility index (Phi) is 6.01. The van der Waals surface area contributed by atoms with Gasteiger partial charge in [0.05, 0.1) is 0 Å². The second-order valence-corrected chi connectivity index (χ2v) is 5.33. The third-order valence-electron chi connectivity index (χ3n) is 3.69. The summed E-state index contributed by atoms with van der Waals surface area (Å²) in [6.45, 7) is 2.20. The van der Waals surface area contributed by atoms with Crippen LogP contribution in [0.5, 0.6) is 5.75 Å². The fraction of sp³-hybridized carbons (Fsp3) is 0.316. The van der Waals surface area contributed by atoms with Crippen molar-refractivity contribution in [2.24, 2.45) is 0 Å². The maximum atomic E-state index is 10.9. The molecule has 116 valence electrons. The molecule has 0 heterocycles. The molecule has 2 aromatic carbocycles. The van der Waals surface area contributed by atoms with E-state index >= 15 is 0 Å². The molecular formula is C19H22O3. The van der Waals surface area contributed by atoms with Crippen LogP contribution in [0.1, 0.15) is 38.2 Å². The van der Waals surface area contributed by atoms with Crippen LogP contribution in [0.4, 0.5) is 4.79 Å². The first-order valence-electron chi connectivity index (χ1n) is 7.80. The molecule has 0 aliphatic carbocycles. The number of hydrogen-bond acceptors (Lipinski definition) is 2. The first-order chi connectivity index (χ1) is 10.7. The van der Waals surface area contributed by atoms with Gasteiger partial charge in [-0.1, -0.05) is 68.7 Å². The topological polar surface area (TPSA) is 46.5 Å². The lowest BCUT2D eigenvalue weighted by Gasteiger charge is -2.13. The van der Waals surface area contributed by atoms with E-state index in [9.17, 15) is 4.79 Å². The minimum absolute atomic E-state index is 0.385. The summed E-state index contributed by atoms with van der Waals surface area (Å²) in [6, 6.07) is 15.4. The quantitative estimate of drug-likeness (QED) is 0.415. The molecule has 2 aromatic rings. The van der Waals surface area contributed by atoms with Gasteiger partial charge < -0.3 is 9.84 Å². The van der Waals surface area contributed by atoms with Gasteiger partial charge >= 0.3 is 6.16 Å². The summed E-state index contributed by atoms with van der Waals surface area (Å²) in [7, 11) is 0. The Balaban J connectivity index is 2.27. The molecule has 0 bridgehead atoms. The predicted octanol–water partition coefficient (Wildman–Crippen LogP) is 5.53. The van der Waals surface area contributed by atoms with E-state index in [2.05, 4.69) is 13.0 Å². The maximum Gasteiger partial charge on any atom is 0.511 e. The van der Waals surface area contributed by atoms with Crippen LogP contribution in [0.2, 0.25) is 0 Å². The minimum Gasteiger partial charge on any atom is -0.449 e. The van der Waals surface area contributed by atoms with Crippen LogP contribution < -0.4 is 4.74 Å². The van der Waals surface area contributed by atoms with E-state index in [1.807, 2.05) is 30.3 Å². The number of para-hydroxylation sites is 1. The van der Waals surface area contributed by atoms with Gasteiger partial charge in [-0.05, 0) is 30.0 Å². The molecule has 0 amide bonds. The monoisotopic (exact) mass is 298 g/mol. The van der Waals surface area contributed by atoms with E-state index in [0.717, 1.165) is 24.0 Å². The average Bonchev–Trinajstić information content (AvgIpc) is 2.52. The summed E-state index contributed by atoms with van der Waals surface area (Å²) in [4.78, 5) is 10.9. The van der Waals surface area contributed by atoms with Crippen LogP contribution >= 0.6 is 0 Å². The molecule has 0 spiro atoms. The molecule has 0 unspecified atom stereocenters. The summed E-state index contributed by atoms with van der Waals surface area (Å²) >= 11 is 0. The molecule has 0 fully saturated rings. The summed E-state index contributed by atoms with van der Waals surface area (Å²) < 4.78 is 4.91. The normalized spacial score (nSPS) is 10.4. The number of carbonyl (C=O) groups is 1. The number of ether oxygens (including phenoxy) is 1. The van der Waals surface area contributed by atoms with E-state index in [4.69, 9.17) is 9.84 Å². The SMILES string of the molecule is CCCCCCc1ccccc1-c1ccccc1OC(=O)O. The van der Waals surface area contributed by atoms with Crippen LogP contribution in [0.3, 0.4) is 0 Å². The largest absolute Gasteiger partial charge is 0.511 e. The van der Waals surface area contributed by atoms with Gasteiger partial charge in [0.15, 0.2) is 0 Å². The first-order valence-corrected chi connectivity index (χ1v) is 7.80. The van der Waals surface area contributed by atoms with Crippen LogP contribution in [-0.4, -0.2) is 11.3 Å². The molecular weight excluding hydrogens is 276 g/mol. The zero-order valence-corrected chi connectivity index (χ0v) is 12.9. The highest BCUT2D eigenvalue weighted by Gasteiger charge is 2.12. The Morgan fingerprint density at radius 3 is 2.36 bits per heavy atom. The smallest absolute Gasteiger partial charge is 0.449 e. The van der Waals surface area contributed by atoms with Crippen molar-refractivity contribution in [3.8, 4) is 16.9 Å². The van der Waals surface area contributed by atoms with Gasteiger partial charge in [-0.2, -0.15) is 0 Å². The van der Waals surface area contributed by atoms with Crippen molar-refractivity contribution in [1.29, 1.82) is 0 Å². The van der Waals surface area contributed by atoms with E-state index in [-0.39, 0.29) is 0 Å².